The molecule has 1 aliphatic heterocycles. The zero-order valence-electron chi connectivity index (χ0n) is 8.33. The van der Waals surface area contributed by atoms with Crippen molar-refractivity contribution < 1.29 is 4.74 Å². The van der Waals surface area contributed by atoms with E-state index in [-0.39, 0.29) is 0 Å². The van der Waals surface area contributed by atoms with Crippen molar-refractivity contribution in [3.8, 4) is 0 Å². The molecule has 74 valence electrons. The van der Waals surface area contributed by atoms with Gasteiger partial charge in [-0.15, -0.1) is 6.58 Å². The monoisotopic (exact) mass is 181 g/mol. The van der Waals surface area contributed by atoms with E-state index in [1.807, 2.05) is 6.08 Å². The van der Waals surface area contributed by atoms with Crippen molar-refractivity contribution in [1.82, 2.24) is 5.32 Å². The molecular weight excluding hydrogens is 162 g/mol. The first kappa shape index (κ1) is 9.22. The predicted octanol–water partition coefficient (Wildman–Crippen LogP) is 1.72. The second-order valence-corrected chi connectivity index (χ2v) is 4.26. The van der Waals surface area contributed by atoms with E-state index in [4.69, 9.17) is 4.74 Å². The van der Waals surface area contributed by atoms with Gasteiger partial charge in [0.25, 0.3) is 0 Å². The van der Waals surface area contributed by atoms with Crippen LogP contribution in [0.15, 0.2) is 12.7 Å². The van der Waals surface area contributed by atoms with Gasteiger partial charge in [-0.2, -0.15) is 0 Å². The topological polar surface area (TPSA) is 21.3 Å². The zero-order chi connectivity index (χ0) is 9.26. The molecule has 1 saturated heterocycles. The van der Waals surface area contributed by atoms with Crippen molar-refractivity contribution in [3.05, 3.63) is 12.7 Å². The van der Waals surface area contributed by atoms with E-state index in [1.165, 1.54) is 19.3 Å². The summed E-state index contributed by atoms with van der Waals surface area (Å²) in [4.78, 5) is 0. The van der Waals surface area contributed by atoms with E-state index in [1.54, 1.807) is 0 Å². The second-order valence-electron chi connectivity index (χ2n) is 4.26. The minimum Gasteiger partial charge on any atom is -0.376 e. The molecule has 2 nitrogen and oxygen atoms in total. The number of hydrogen-bond donors (Lipinski definition) is 1. The van der Waals surface area contributed by atoms with Crippen molar-refractivity contribution in [2.75, 3.05) is 6.61 Å². The third kappa shape index (κ3) is 2.12. The number of hydrogen-bond acceptors (Lipinski definition) is 2. The first-order valence-corrected chi connectivity index (χ1v) is 5.31. The van der Waals surface area contributed by atoms with E-state index >= 15 is 0 Å². The lowest BCUT2D eigenvalue weighted by Gasteiger charge is -2.22. The minimum atomic E-state index is 0.410. The van der Waals surface area contributed by atoms with E-state index in [0.717, 1.165) is 12.5 Å². The van der Waals surface area contributed by atoms with E-state index in [2.05, 4.69) is 18.8 Å². The molecule has 3 unspecified atom stereocenters. The molecule has 1 heterocycles. The molecule has 0 aromatic heterocycles. The van der Waals surface area contributed by atoms with Crippen molar-refractivity contribution in [2.45, 2.75) is 44.4 Å². The predicted molar refractivity (Wildman–Crippen MR) is 53.7 cm³/mol. The summed E-state index contributed by atoms with van der Waals surface area (Å²) in [6.45, 7) is 6.87. The van der Waals surface area contributed by atoms with Crippen LogP contribution in [0.5, 0.6) is 0 Å². The summed E-state index contributed by atoms with van der Waals surface area (Å²) in [5, 5.41) is 3.56. The molecule has 3 atom stereocenters. The molecule has 2 rings (SSSR count). The van der Waals surface area contributed by atoms with Gasteiger partial charge in [0, 0.05) is 18.7 Å². The van der Waals surface area contributed by atoms with Crippen LogP contribution < -0.4 is 5.32 Å². The highest BCUT2D eigenvalue weighted by Crippen LogP contribution is 2.38. The molecule has 2 fully saturated rings. The fourth-order valence-corrected chi connectivity index (χ4v) is 2.08. The molecule has 0 bridgehead atoms. The van der Waals surface area contributed by atoms with Crippen LogP contribution in [0.3, 0.4) is 0 Å². The summed E-state index contributed by atoms with van der Waals surface area (Å²) < 4.78 is 5.74. The molecule has 0 radical (unpaired) electrons. The van der Waals surface area contributed by atoms with Crippen LogP contribution in [0.25, 0.3) is 0 Å². The lowest BCUT2D eigenvalue weighted by molar-refractivity contribution is 0.0802. The van der Waals surface area contributed by atoms with Gasteiger partial charge in [-0.3, -0.25) is 0 Å². The minimum absolute atomic E-state index is 0.410. The standard InChI is InChI=1S/C11H19NO/c1-3-8(2)12-10-6-7-13-11(10)9-4-5-9/h3,8-12H,1,4-7H2,2H3. The molecule has 2 heteroatoms. The largest absolute Gasteiger partial charge is 0.376 e. The summed E-state index contributed by atoms with van der Waals surface area (Å²) in [7, 11) is 0. The Kier molecular flexibility index (Phi) is 2.70. The van der Waals surface area contributed by atoms with Gasteiger partial charge in [-0.05, 0) is 32.1 Å². The van der Waals surface area contributed by atoms with Gasteiger partial charge in [-0.25, -0.2) is 0 Å². The van der Waals surface area contributed by atoms with Gasteiger partial charge in [0.15, 0.2) is 0 Å². The lowest BCUT2D eigenvalue weighted by Crippen LogP contribution is -2.41. The smallest absolute Gasteiger partial charge is 0.0757 e. The summed E-state index contributed by atoms with van der Waals surface area (Å²) >= 11 is 0. The fraction of sp³-hybridized carbons (Fsp3) is 0.818. The maximum absolute atomic E-state index is 5.74. The summed E-state index contributed by atoms with van der Waals surface area (Å²) in [6.07, 6.45) is 6.35. The van der Waals surface area contributed by atoms with Crippen molar-refractivity contribution in [2.24, 2.45) is 5.92 Å². The molecule has 13 heavy (non-hydrogen) atoms. The first-order valence-electron chi connectivity index (χ1n) is 5.31. The third-order valence-corrected chi connectivity index (χ3v) is 3.05. The summed E-state index contributed by atoms with van der Waals surface area (Å²) in [6, 6.07) is 0.980. The molecule has 1 N–H and O–H groups in total. The average molecular weight is 181 g/mol. The van der Waals surface area contributed by atoms with E-state index in [9.17, 15) is 0 Å². The van der Waals surface area contributed by atoms with Gasteiger partial charge in [0.05, 0.1) is 6.10 Å². The number of ether oxygens (including phenoxy) is 1. The Morgan fingerprint density at radius 1 is 1.46 bits per heavy atom. The Bertz CT molecular complexity index is 189. The highest BCUT2D eigenvalue weighted by Gasteiger charge is 2.40. The Morgan fingerprint density at radius 2 is 2.23 bits per heavy atom. The van der Waals surface area contributed by atoms with Crippen molar-refractivity contribution in [3.63, 3.8) is 0 Å². The molecule has 0 aromatic carbocycles. The summed E-state index contributed by atoms with van der Waals surface area (Å²) in [5.41, 5.74) is 0. The SMILES string of the molecule is C=CC(C)NC1CCOC1C1CC1. The zero-order valence-corrected chi connectivity index (χ0v) is 8.33. The molecule has 1 saturated carbocycles. The van der Waals surface area contributed by atoms with Crippen LogP contribution in [0, 0.1) is 5.92 Å². The Hall–Kier alpha value is -0.340. The van der Waals surface area contributed by atoms with E-state index in [0.29, 0.717) is 18.2 Å². The van der Waals surface area contributed by atoms with Gasteiger partial charge in [-0.1, -0.05) is 6.08 Å². The van der Waals surface area contributed by atoms with Crippen LogP contribution >= 0.6 is 0 Å². The summed E-state index contributed by atoms with van der Waals surface area (Å²) in [5.74, 6) is 0.844. The molecule has 0 aromatic rings. The van der Waals surface area contributed by atoms with Crippen LogP contribution in [-0.4, -0.2) is 24.8 Å². The van der Waals surface area contributed by atoms with Crippen LogP contribution in [0.2, 0.25) is 0 Å². The molecule has 0 amide bonds. The third-order valence-electron chi connectivity index (χ3n) is 3.05. The quantitative estimate of drug-likeness (QED) is 0.667. The van der Waals surface area contributed by atoms with Crippen molar-refractivity contribution >= 4 is 0 Å². The maximum Gasteiger partial charge on any atom is 0.0757 e. The Labute approximate surface area is 80.4 Å². The number of nitrogens with one attached hydrogen (secondary N) is 1. The highest BCUT2D eigenvalue weighted by molar-refractivity contribution is 4.96. The van der Waals surface area contributed by atoms with Gasteiger partial charge in [0.2, 0.25) is 0 Å². The Morgan fingerprint density at radius 3 is 2.85 bits per heavy atom. The first-order chi connectivity index (χ1) is 6.31. The Balaban J connectivity index is 1.85. The van der Waals surface area contributed by atoms with Crippen molar-refractivity contribution in [1.29, 1.82) is 0 Å². The van der Waals surface area contributed by atoms with Gasteiger partial charge in [0.1, 0.15) is 0 Å². The normalized spacial score (nSPS) is 36.1. The van der Waals surface area contributed by atoms with Gasteiger partial charge < -0.3 is 10.1 Å². The molecular formula is C11H19NO. The fourth-order valence-electron chi connectivity index (χ4n) is 2.08. The number of rotatable bonds is 4. The second kappa shape index (κ2) is 3.81. The molecule has 2 aliphatic rings. The lowest BCUT2D eigenvalue weighted by atomic mass is 10.1. The van der Waals surface area contributed by atoms with Crippen LogP contribution in [0.4, 0.5) is 0 Å². The van der Waals surface area contributed by atoms with E-state index < -0.39 is 0 Å². The highest BCUT2D eigenvalue weighted by atomic mass is 16.5. The molecule has 0 spiro atoms. The van der Waals surface area contributed by atoms with Gasteiger partial charge >= 0.3 is 0 Å². The average Bonchev–Trinajstić information content (AvgIpc) is 2.88. The molecule has 1 aliphatic carbocycles. The maximum atomic E-state index is 5.74. The van der Waals surface area contributed by atoms with Crippen LogP contribution in [-0.2, 0) is 4.74 Å². The van der Waals surface area contributed by atoms with Crippen LogP contribution in [0.1, 0.15) is 26.2 Å².